The SMILES string of the molecule is CCc1c([Si]O)cccc1C(C)(C)C. The Labute approximate surface area is 89.1 Å². The van der Waals surface area contributed by atoms with Crippen molar-refractivity contribution >= 4 is 14.9 Å². The summed E-state index contributed by atoms with van der Waals surface area (Å²) in [5.41, 5.74) is 2.85. The molecule has 0 spiro atoms. The molecular formula is C12H18OSi. The van der Waals surface area contributed by atoms with Crippen LogP contribution in [0.1, 0.15) is 38.8 Å². The number of hydrogen-bond donors (Lipinski definition) is 1. The summed E-state index contributed by atoms with van der Waals surface area (Å²) in [6, 6.07) is 6.23. The van der Waals surface area contributed by atoms with Crippen LogP contribution in [-0.2, 0) is 11.8 Å². The topological polar surface area (TPSA) is 20.2 Å². The van der Waals surface area contributed by atoms with E-state index >= 15 is 0 Å². The maximum atomic E-state index is 9.27. The molecule has 0 saturated heterocycles. The van der Waals surface area contributed by atoms with Gasteiger partial charge in [-0.05, 0) is 28.1 Å². The van der Waals surface area contributed by atoms with Gasteiger partial charge >= 0.3 is 0 Å². The zero-order valence-electron chi connectivity index (χ0n) is 9.39. The molecule has 0 fully saturated rings. The van der Waals surface area contributed by atoms with Crippen LogP contribution in [0.5, 0.6) is 0 Å². The standard InChI is InChI=1S/C12H18OSi/c1-5-9-10(12(2,3)4)7-6-8-11(9)14-13/h6-8,13H,5H2,1-4H3. The smallest absolute Gasteiger partial charge is 0.265 e. The first-order chi connectivity index (χ1) is 6.50. The Morgan fingerprint density at radius 2 is 1.93 bits per heavy atom. The van der Waals surface area contributed by atoms with Crippen molar-refractivity contribution in [2.75, 3.05) is 0 Å². The maximum absolute atomic E-state index is 9.27. The van der Waals surface area contributed by atoms with E-state index < -0.39 is 0 Å². The van der Waals surface area contributed by atoms with Gasteiger partial charge in [-0.2, -0.15) is 0 Å². The van der Waals surface area contributed by atoms with Crippen molar-refractivity contribution in [2.45, 2.75) is 39.5 Å². The summed E-state index contributed by atoms with van der Waals surface area (Å²) in [5.74, 6) is 0. The fourth-order valence-corrected chi connectivity index (χ4v) is 2.39. The molecular weight excluding hydrogens is 188 g/mol. The minimum atomic E-state index is -0.0889. The van der Waals surface area contributed by atoms with Gasteiger partial charge < -0.3 is 4.80 Å². The van der Waals surface area contributed by atoms with Crippen molar-refractivity contribution in [1.82, 2.24) is 0 Å². The first-order valence-electron chi connectivity index (χ1n) is 5.03. The summed E-state index contributed by atoms with van der Waals surface area (Å²) in [7, 11) is -0.0889. The normalized spacial score (nSPS) is 11.8. The molecule has 0 unspecified atom stereocenters. The minimum Gasteiger partial charge on any atom is -0.428 e. The van der Waals surface area contributed by atoms with Gasteiger partial charge in [0.2, 0.25) is 0 Å². The van der Waals surface area contributed by atoms with Gasteiger partial charge in [0.15, 0.2) is 0 Å². The summed E-state index contributed by atoms with van der Waals surface area (Å²) in [4.78, 5) is 9.27. The van der Waals surface area contributed by atoms with Gasteiger partial charge in [-0.15, -0.1) is 0 Å². The highest BCUT2D eigenvalue weighted by Gasteiger charge is 2.18. The van der Waals surface area contributed by atoms with Gasteiger partial charge in [0.1, 0.15) is 0 Å². The Kier molecular flexibility index (Phi) is 3.51. The summed E-state index contributed by atoms with van der Waals surface area (Å²) in [6.07, 6.45) is 0.996. The maximum Gasteiger partial charge on any atom is 0.265 e. The molecule has 1 rings (SSSR count). The second-order valence-electron chi connectivity index (χ2n) is 4.55. The largest absolute Gasteiger partial charge is 0.428 e. The zero-order valence-corrected chi connectivity index (χ0v) is 10.4. The van der Waals surface area contributed by atoms with Gasteiger partial charge in [0, 0.05) is 0 Å². The molecule has 1 nitrogen and oxygen atoms in total. The van der Waals surface area contributed by atoms with Gasteiger partial charge in [-0.1, -0.05) is 45.9 Å². The predicted octanol–water partition coefficient (Wildman–Crippen LogP) is 1.78. The van der Waals surface area contributed by atoms with Gasteiger partial charge in [0.05, 0.1) is 0 Å². The Balaban J connectivity index is 3.29. The summed E-state index contributed by atoms with van der Waals surface area (Å²) in [5, 5.41) is 1.10. The van der Waals surface area contributed by atoms with Crippen molar-refractivity contribution in [3.05, 3.63) is 29.3 Å². The fraction of sp³-hybridized carbons (Fsp3) is 0.500. The molecule has 0 heterocycles. The van der Waals surface area contributed by atoms with Gasteiger partial charge in [0.25, 0.3) is 9.76 Å². The van der Waals surface area contributed by atoms with Crippen LogP contribution in [0.4, 0.5) is 0 Å². The molecule has 0 saturated carbocycles. The van der Waals surface area contributed by atoms with E-state index in [1.807, 2.05) is 12.1 Å². The van der Waals surface area contributed by atoms with Crippen LogP contribution < -0.4 is 5.19 Å². The molecule has 2 heteroatoms. The summed E-state index contributed by atoms with van der Waals surface area (Å²) >= 11 is 0. The van der Waals surface area contributed by atoms with Crippen molar-refractivity contribution in [3.63, 3.8) is 0 Å². The van der Waals surface area contributed by atoms with E-state index in [4.69, 9.17) is 0 Å². The van der Waals surface area contributed by atoms with Gasteiger partial charge in [-0.25, -0.2) is 0 Å². The Morgan fingerprint density at radius 1 is 1.29 bits per heavy atom. The van der Waals surface area contributed by atoms with Crippen LogP contribution in [0.3, 0.4) is 0 Å². The fourth-order valence-electron chi connectivity index (χ4n) is 1.78. The van der Waals surface area contributed by atoms with Crippen molar-refractivity contribution in [3.8, 4) is 0 Å². The second-order valence-corrected chi connectivity index (χ2v) is 5.31. The number of rotatable bonds is 2. The van der Waals surface area contributed by atoms with E-state index in [2.05, 4.69) is 33.8 Å². The minimum absolute atomic E-state index is 0.0889. The van der Waals surface area contributed by atoms with Crippen LogP contribution in [0.2, 0.25) is 0 Å². The second kappa shape index (κ2) is 4.28. The van der Waals surface area contributed by atoms with Crippen molar-refractivity contribution in [1.29, 1.82) is 0 Å². The van der Waals surface area contributed by atoms with Crippen LogP contribution in [-0.4, -0.2) is 14.6 Å². The molecule has 1 aromatic rings. The number of benzene rings is 1. The highest BCUT2D eigenvalue weighted by atomic mass is 28.2. The van der Waals surface area contributed by atoms with E-state index in [9.17, 15) is 4.80 Å². The Bertz CT molecular complexity index is 313. The molecule has 0 aliphatic heterocycles. The quantitative estimate of drug-likeness (QED) is 0.731. The van der Waals surface area contributed by atoms with Crippen LogP contribution in [0, 0.1) is 0 Å². The first kappa shape index (κ1) is 11.5. The average molecular weight is 206 g/mol. The molecule has 0 bridgehead atoms. The van der Waals surface area contributed by atoms with Gasteiger partial charge in [-0.3, -0.25) is 0 Å². The molecule has 0 aliphatic carbocycles. The molecule has 0 amide bonds. The molecule has 2 radical (unpaired) electrons. The zero-order chi connectivity index (χ0) is 10.8. The average Bonchev–Trinajstić information content (AvgIpc) is 2.15. The lowest BCUT2D eigenvalue weighted by Gasteiger charge is -2.24. The monoisotopic (exact) mass is 206 g/mol. The van der Waals surface area contributed by atoms with E-state index in [-0.39, 0.29) is 15.2 Å². The molecule has 0 aliphatic rings. The molecule has 76 valence electrons. The van der Waals surface area contributed by atoms with Crippen molar-refractivity contribution < 1.29 is 4.80 Å². The van der Waals surface area contributed by atoms with E-state index in [0.717, 1.165) is 11.6 Å². The summed E-state index contributed by atoms with van der Waals surface area (Å²) < 4.78 is 0. The van der Waals surface area contributed by atoms with Crippen LogP contribution in [0.15, 0.2) is 18.2 Å². The third-order valence-electron chi connectivity index (χ3n) is 2.46. The van der Waals surface area contributed by atoms with Crippen LogP contribution >= 0.6 is 0 Å². The molecule has 0 aromatic heterocycles. The number of hydrogen-bond acceptors (Lipinski definition) is 1. The Morgan fingerprint density at radius 3 is 2.36 bits per heavy atom. The molecule has 1 N–H and O–H groups in total. The highest BCUT2D eigenvalue weighted by molar-refractivity contribution is 6.46. The lowest BCUT2D eigenvalue weighted by atomic mass is 9.83. The lowest BCUT2D eigenvalue weighted by molar-refractivity contribution is 0.583. The van der Waals surface area contributed by atoms with E-state index in [1.165, 1.54) is 11.1 Å². The van der Waals surface area contributed by atoms with E-state index in [0.29, 0.717) is 0 Å². The lowest BCUT2D eigenvalue weighted by Crippen LogP contribution is -2.25. The summed E-state index contributed by atoms with van der Waals surface area (Å²) in [6.45, 7) is 8.79. The molecule has 1 aromatic carbocycles. The van der Waals surface area contributed by atoms with Crippen molar-refractivity contribution in [2.24, 2.45) is 0 Å². The third kappa shape index (κ3) is 2.25. The predicted molar refractivity (Wildman–Crippen MR) is 62.1 cm³/mol. The Hall–Kier alpha value is -0.603. The van der Waals surface area contributed by atoms with E-state index in [1.54, 1.807) is 0 Å². The first-order valence-corrected chi connectivity index (χ1v) is 5.98. The van der Waals surface area contributed by atoms with Crippen LogP contribution in [0.25, 0.3) is 0 Å². The molecule has 14 heavy (non-hydrogen) atoms. The third-order valence-corrected chi connectivity index (χ3v) is 3.17. The molecule has 0 atom stereocenters. The highest BCUT2D eigenvalue weighted by Crippen LogP contribution is 2.24.